The van der Waals surface area contributed by atoms with Crippen molar-refractivity contribution in [2.24, 2.45) is 0 Å². The van der Waals surface area contributed by atoms with Gasteiger partial charge in [-0.05, 0) is 26.3 Å². The zero-order valence-corrected chi connectivity index (χ0v) is 12.2. The Hall–Kier alpha value is -2.11. The Balaban J connectivity index is 2.45. The molecule has 0 saturated heterocycles. The average molecular weight is 276 g/mol. The van der Waals surface area contributed by atoms with E-state index in [0.29, 0.717) is 13.1 Å². The summed E-state index contributed by atoms with van der Waals surface area (Å²) < 4.78 is 4.65. The Kier molecular flexibility index (Phi) is 4.22. The smallest absolute Gasteiger partial charge is 0.300 e. The molecule has 0 aliphatic carbocycles. The Morgan fingerprint density at radius 1 is 1.25 bits per heavy atom. The summed E-state index contributed by atoms with van der Waals surface area (Å²) in [6, 6.07) is 3.35. The number of aryl methyl sites for hydroxylation is 3. The van der Waals surface area contributed by atoms with Gasteiger partial charge >= 0.3 is 5.69 Å². The van der Waals surface area contributed by atoms with Crippen LogP contribution in [0.15, 0.2) is 27.9 Å². The first-order valence-electron chi connectivity index (χ1n) is 6.90. The highest BCUT2D eigenvalue weighted by molar-refractivity contribution is 5.09. The van der Waals surface area contributed by atoms with Gasteiger partial charge in [0, 0.05) is 25.4 Å². The number of rotatable bonds is 5. The van der Waals surface area contributed by atoms with Crippen molar-refractivity contribution >= 4 is 0 Å². The second kappa shape index (κ2) is 5.90. The molecular weight excluding hydrogens is 256 g/mol. The first-order chi connectivity index (χ1) is 9.56. The molecule has 2 aromatic rings. The molecule has 2 heterocycles. The van der Waals surface area contributed by atoms with E-state index in [2.05, 4.69) is 5.10 Å². The average Bonchev–Trinajstić information content (AvgIpc) is 2.78. The third kappa shape index (κ3) is 2.74. The van der Waals surface area contributed by atoms with Gasteiger partial charge < -0.3 is 4.57 Å². The van der Waals surface area contributed by atoms with E-state index in [1.165, 1.54) is 10.6 Å². The fourth-order valence-electron chi connectivity index (χ4n) is 2.28. The molecule has 0 bridgehead atoms. The molecule has 0 N–H and O–H groups in total. The predicted molar refractivity (Wildman–Crippen MR) is 77.0 cm³/mol. The summed E-state index contributed by atoms with van der Waals surface area (Å²) in [5.41, 5.74) is 1.22. The lowest BCUT2D eigenvalue weighted by molar-refractivity contribution is 0.541. The van der Waals surface area contributed by atoms with Gasteiger partial charge in [0.1, 0.15) is 0 Å². The van der Waals surface area contributed by atoms with Crippen LogP contribution >= 0.6 is 0 Å². The molecule has 0 aliphatic heterocycles. The van der Waals surface area contributed by atoms with Crippen LogP contribution in [0.2, 0.25) is 0 Å². The van der Waals surface area contributed by atoms with Gasteiger partial charge in [-0.3, -0.25) is 14.0 Å². The van der Waals surface area contributed by atoms with Crippen molar-refractivity contribution in [3.8, 4) is 0 Å². The number of hydrogen-bond donors (Lipinski definition) is 0. The molecule has 0 spiro atoms. The van der Waals surface area contributed by atoms with Gasteiger partial charge in [-0.15, -0.1) is 0 Å². The Morgan fingerprint density at radius 3 is 2.65 bits per heavy atom. The van der Waals surface area contributed by atoms with E-state index in [4.69, 9.17) is 0 Å². The number of nitrogens with zero attached hydrogens (tertiary/aromatic N) is 4. The maximum atomic E-state index is 12.3. The Labute approximate surface area is 117 Å². The molecule has 108 valence electrons. The monoisotopic (exact) mass is 276 g/mol. The molecule has 0 radical (unpaired) electrons. The Morgan fingerprint density at radius 2 is 2.00 bits per heavy atom. The first kappa shape index (κ1) is 14.3. The van der Waals surface area contributed by atoms with Crippen LogP contribution in [0.25, 0.3) is 0 Å². The standard InChI is InChI=1S/C14H20N4O2/c1-4-7-16-8-6-13(19)17(14(16)20)10-12-9-11(3)15-18(12)5-2/h6,8-9H,4-5,7,10H2,1-3H3. The van der Waals surface area contributed by atoms with E-state index in [1.807, 2.05) is 31.5 Å². The van der Waals surface area contributed by atoms with E-state index in [-0.39, 0.29) is 17.8 Å². The highest BCUT2D eigenvalue weighted by Crippen LogP contribution is 2.04. The summed E-state index contributed by atoms with van der Waals surface area (Å²) in [5.74, 6) is 0. The Bertz CT molecular complexity index is 709. The van der Waals surface area contributed by atoms with Crippen LogP contribution < -0.4 is 11.2 Å². The largest absolute Gasteiger partial charge is 0.331 e. The summed E-state index contributed by atoms with van der Waals surface area (Å²) in [6.45, 7) is 7.48. The molecule has 0 atom stereocenters. The van der Waals surface area contributed by atoms with E-state index >= 15 is 0 Å². The van der Waals surface area contributed by atoms with Crippen molar-refractivity contribution < 1.29 is 0 Å². The lowest BCUT2D eigenvalue weighted by atomic mass is 10.3. The van der Waals surface area contributed by atoms with Gasteiger partial charge in [0.25, 0.3) is 5.56 Å². The quantitative estimate of drug-likeness (QED) is 0.818. The van der Waals surface area contributed by atoms with Crippen LogP contribution in [0, 0.1) is 6.92 Å². The first-order valence-corrected chi connectivity index (χ1v) is 6.90. The molecule has 0 saturated carbocycles. The van der Waals surface area contributed by atoms with E-state index in [1.54, 1.807) is 10.8 Å². The highest BCUT2D eigenvalue weighted by Gasteiger charge is 2.09. The third-order valence-electron chi connectivity index (χ3n) is 3.21. The normalized spacial score (nSPS) is 10.9. The molecule has 0 aromatic carbocycles. The van der Waals surface area contributed by atoms with Crippen molar-refractivity contribution in [1.29, 1.82) is 0 Å². The van der Waals surface area contributed by atoms with E-state index in [9.17, 15) is 9.59 Å². The molecule has 6 heteroatoms. The second-order valence-corrected chi connectivity index (χ2v) is 4.81. The van der Waals surface area contributed by atoms with Crippen molar-refractivity contribution in [2.45, 2.75) is 46.8 Å². The zero-order chi connectivity index (χ0) is 14.7. The van der Waals surface area contributed by atoms with Gasteiger partial charge in [-0.25, -0.2) is 4.79 Å². The molecule has 20 heavy (non-hydrogen) atoms. The second-order valence-electron chi connectivity index (χ2n) is 4.81. The van der Waals surface area contributed by atoms with Gasteiger partial charge in [0.05, 0.1) is 17.9 Å². The van der Waals surface area contributed by atoms with Crippen LogP contribution in [0.4, 0.5) is 0 Å². The SMILES string of the molecule is CCCn1ccc(=O)n(Cc2cc(C)nn2CC)c1=O. The highest BCUT2D eigenvalue weighted by atomic mass is 16.2. The summed E-state index contributed by atoms with van der Waals surface area (Å²) in [4.78, 5) is 24.2. The van der Waals surface area contributed by atoms with Crippen LogP contribution in [-0.2, 0) is 19.6 Å². The van der Waals surface area contributed by atoms with Crippen molar-refractivity contribution in [2.75, 3.05) is 0 Å². The van der Waals surface area contributed by atoms with Crippen molar-refractivity contribution in [1.82, 2.24) is 18.9 Å². The molecule has 0 fully saturated rings. The lowest BCUT2D eigenvalue weighted by Gasteiger charge is -2.09. The minimum Gasteiger partial charge on any atom is -0.300 e. The predicted octanol–water partition coefficient (Wildman–Crippen LogP) is 0.993. The fourth-order valence-corrected chi connectivity index (χ4v) is 2.28. The molecule has 2 aromatic heterocycles. The minimum atomic E-state index is -0.274. The molecule has 6 nitrogen and oxygen atoms in total. The van der Waals surface area contributed by atoms with Gasteiger partial charge in [-0.1, -0.05) is 6.92 Å². The van der Waals surface area contributed by atoms with E-state index in [0.717, 1.165) is 17.8 Å². The van der Waals surface area contributed by atoms with Crippen LogP contribution in [0.3, 0.4) is 0 Å². The molecule has 0 unspecified atom stereocenters. The van der Waals surface area contributed by atoms with Gasteiger partial charge in [-0.2, -0.15) is 5.10 Å². The summed E-state index contributed by atoms with van der Waals surface area (Å²) in [5, 5.41) is 4.34. The third-order valence-corrected chi connectivity index (χ3v) is 3.21. The lowest BCUT2D eigenvalue weighted by Crippen LogP contribution is -2.39. The minimum absolute atomic E-state index is 0.261. The molecule has 0 aliphatic rings. The molecular formula is C14H20N4O2. The van der Waals surface area contributed by atoms with Crippen LogP contribution in [-0.4, -0.2) is 18.9 Å². The summed E-state index contributed by atoms with van der Waals surface area (Å²) in [6.07, 6.45) is 2.41. The maximum Gasteiger partial charge on any atom is 0.331 e. The topological polar surface area (TPSA) is 61.8 Å². The number of hydrogen-bond acceptors (Lipinski definition) is 3. The van der Waals surface area contributed by atoms with Crippen molar-refractivity contribution in [3.63, 3.8) is 0 Å². The summed E-state index contributed by atoms with van der Waals surface area (Å²) >= 11 is 0. The summed E-state index contributed by atoms with van der Waals surface area (Å²) in [7, 11) is 0. The fraction of sp³-hybridized carbons (Fsp3) is 0.500. The number of aromatic nitrogens is 4. The van der Waals surface area contributed by atoms with Gasteiger partial charge in [0.15, 0.2) is 0 Å². The molecule has 2 rings (SSSR count). The maximum absolute atomic E-state index is 12.3. The van der Waals surface area contributed by atoms with E-state index < -0.39 is 0 Å². The van der Waals surface area contributed by atoms with Crippen molar-refractivity contribution in [3.05, 3.63) is 50.6 Å². The van der Waals surface area contributed by atoms with Crippen LogP contribution in [0.1, 0.15) is 31.7 Å². The molecule has 0 amide bonds. The van der Waals surface area contributed by atoms with Gasteiger partial charge in [0.2, 0.25) is 0 Å². The zero-order valence-electron chi connectivity index (χ0n) is 12.2. The van der Waals surface area contributed by atoms with Crippen LogP contribution in [0.5, 0.6) is 0 Å².